The number of fused-ring (bicyclic) bond motifs is 1. The number of ether oxygens (including phenoxy) is 3. The zero-order valence-electron chi connectivity index (χ0n) is 16.4. The van der Waals surface area contributed by atoms with Gasteiger partial charge in [-0.15, -0.1) is 0 Å². The van der Waals surface area contributed by atoms with Crippen molar-refractivity contribution in [2.45, 2.75) is 6.10 Å². The summed E-state index contributed by atoms with van der Waals surface area (Å²) in [6.45, 7) is 1.09. The van der Waals surface area contributed by atoms with Gasteiger partial charge >= 0.3 is 17.7 Å². The van der Waals surface area contributed by atoms with Gasteiger partial charge in [-0.2, -0.15) is 4.98 Å². The maximum Gasteiger partial charge on any atom is 0.338 e. The first-order chi connectivity index (χ1) is 14.5. The molecule has 1 amide bonds. The Hall–Kier alpha value is -3.47. The summed E-state index contributed by atoms with van der Waals surface area (Å²) in [4.78, 5) is 35.2. The Bertz CT molecular complexity index is 1140. The number of hydrogen-bond acceptors (Lipinski definition) is 7. The van der Waals surface area contributed by atoms with E-state index in [0.29, 0.717) is 6.61 Å². The number of amides is 1. The molecule has 0 unspecified atom stereocenters. The lowest BCUT2D eigenvalue weighted by Crippen LogP contribution is -2.58. The predicted octanol–water partition coefficient (Wildman–Crippen LogP) is 1.03. The van der Waals surface area contributed by atoms with Crippen LogP contribution in [0.25, 0.3) is 11.2 Å². The van der Waals surface area contributed by atoms with E-state index in [1.54, 1.807) is 19.2 Å². The van der Waals surface area contributed by atoms with Crippen LogP contribution in [0, 0.1) is 5.82 Å². The van der Waals surface area contributed by atoms with E-state index in [9.17, 15) is 14.0 Å². The van der Waals surface area contributed by atoms with Gasteiger partial charge in [0.15, 0.2) is 17.2 Å². The van der Waals surface area contributed by atoms with Crippen LogP contribution < -0.4 is 15.2 Å². The Morgan fingerprint density at radius 1 is 1.27 bits per heavy atom. The summed E-state index contributed by atoms with van der Waals surface area (Å²) in [5, 5.41) is 0. The summed E-state index contributed by atoms with van der Waals surface area (Å²) in [6, 6.07) is 5.64. The summed E-state index contributed by atoms with van der Waals surface area (Å²) >= 11 is 0. The van der Waals surface area contributed by atoms with E-state index in [0.717, 1.165) is 4.57 Å². The number of benzene rings is 1. The van der Waals surface area contributed by atoms with Crippen LogP contribution in [0.5, 0.6) is 11.8 Å². The Morgan fingerprint density at radius 3 is 2.77 bits per heavy atom. The third-order valence-electron chi connectivity index (χ3n) is 4.72. The van der Waals surface area contributed by atoms with Crippen molar-refractivity contribution in [2.75, 3.05) is 33.4 Å². The molecule has 3 aromatic rings. The number of likely N-dealkylation sites (tertiary alicyclic amines) is 1. The molecule has 11 heteroatoms. The standard InChI is InChI=1S/C19H20FN5O5/c1-23-16-14(9-21-17(22-16)29-8-7-28-2)25(18(23)26)19(27)24-10-12(11-24)30-15-6-4-3-5-13(15)20/h3-6,9,12H,7-8,10-11H2,1-2H3. The van der Waals surface area contributed by atoms with Gasteiger partial charge in [-0.05, 0) is 12.1 Å². The van der Waals surface area contributed by atoms with Crippen molar-refractivity contribution in [3.63, 3.8) is 0 Å². The summed E-state index contributed by atoms with van der Waals surface area (Å²) in [5.41, 5.74) is -0.00248. The number of nitrogens with zero attached hydrogens (tertiary/aromatic N) is 5. The zero-order chi connectivity index (χ0) is 21.3. The SMILES string of the molecule is COCCOc1ncc2c(n1)n(C)c(=O)n2C(=O)N1CC(Oc2ccccc2F)C1. The molecule has 1 fully saturated rings. The van der Waals surface area contributed by atoms with Gasteiger partial charge in [0.1, 0.15) is 18.2 Å². The van der Waals surface area contributed by atoms with Crippen LogP contribution in [0.4, 0.5) is 9.18 Å². The second kappa shape index (κ2) is 8.11. The van der Waals surface area contributed by atoms with Crippen LogP contribution in [0.2, 0.25) is 0 Å². The number of halogens is 1. The molecule has 0 N–H and O–H groups in total. The Balaban J connectivity index is 1.49. The van der Waals surface area contributed by atoms with Crippen molar-refractivity contribution in [3.8, 4) is 11.8 Å². The molecule has 0 aliphatic carbocycles. The first-order valence-corrected chi connectivity index (χ1v) is 9.26. The Labute approximate surface area is 170 Å². The molecule has 1 aliphatic heterocycles. The van der Waals surface area contributed by atoms with Crippen LogP contribution in [-0.2, 0) is 11.8 Å². The number of methoxy groups -OCH3 is 1. The molecule has 2 aromatic heterocycles. The number of para-hydroxylation sites is 1. The van der Waals surface area contributed by atoms with E-state index in [1.807, 2.05) is 0 Å². The van der Waals surface area contributed by atoms with Crippen molar-refractivity contribution < 1.29 is 23.4 Å². The van der Waals surface area contributed by atoms with Gasteiger partial charge in [0.2, 0.25) is 0 Å². The van der Waals surface area contributed by atoms with Crippen LogP contribution in [0.15, 0.2) is 35.3 Å². The Morgan fingerprint density at radius 2 is 2.03 bits per heavy atom. The smallest absolute Gasteiger partial charge is 0.338 e. The van der Waals surface area contributed by atoms with E-state index in [4.69, 9.17) is 14.2 Å². The fraction of sp³-hybridized carbons (Fsp3) is 0.368. The molecular formula is C19H20FN5O5. The molecule has 158 valence electrons. The fourth-order valence-corrected chi connectivity index (χ4v) is 3.10. The highest BCUT2D eigenvalue weighted by Crippen LogP contribution is 2.22. The number of imidazole rings is 1. The second-order valence-electron chi connectivity index (χ2n) is 6.74. The molecule has 30 heavy (non-hydrogen) atoms. The van der Waals surface area contributed by atoms with Crippen LogP contribution in [-0.4, -0.2) is 69.6 Å². The van der Waals surface area contributed by atoms with E-state index in [-0.39, 0.29) is 48.7 Å². The Kier molecular flexibility index (Phi) is 5.36. The largest absolute Gasteiger partial charge is 0.484 e. The zero-order valence-corrected chi connectivity index (χ0v) is 16.4. The number of aryl methyl sites for hydroxylation is 1. The highest BCUT2D eigenvalue weighted by molar-refractivity contribution is 5.88. The number of carbonyl (C=O) groups is 1. The van der Waals surface area contributed by atoms with Crippen molar-refractivity contribution >= 4 is 17.2 Å². The third kappa shape index (κ3) is 3.59. The van der Waals surface area contributed by atoms with Crippen LogP contribution in [0.3, 0.4) is 0 Å². The average molecular weight is 417 g/mol. The van der Waals surface area contributed by atoms with Gasteiger partial charge in [0.25, 0.3) is 0 Å². The molecule has 3 heterocycles. The minimum Gasteiger partial charge on any atom is -0.484 e. The molecular weight excluding hydrogens is 397 g/mol. The van der Waals surface area contributed by atoms with E-state index in [1.165, 1.54) is 34.8 Å². The van der Waals surface area contributed by atoms with Crippen molar-refractivity contribution in [2.24, 2.45) is 7.05 Å². The number of rotatable bonds is 6. The van der Waals surface area contributed by atoms with E-state index in [2.05, 4.69) is 9.97 Å². The maximum atomic E-state index is 13.7. The number of aromatic nitrogens is 4. The molecule has 1 saturated heterocycles. The molecule has 0 spiro atoms. The first-order valence-electron chi connectivity index (χ1n) is 9.26. The summed E-state index contributed by atoms with van der Waals surface area (Å²) in [6.07, 6.45) is 1.02. The van der Waals surface area contributed by atoms with Gasteiger partial charge in [-0.1, -0.05) is 12.1 Å². The van der Waals surface area contributed by atoms with Crippen LogP contribution in [0.1, 0.15) is 0 Å². The van der Waals surface area contributed by atoms with Gasteiger partial charge in [-0.25, -0.2) is 23.5 Å². The van der Waals surface area contributed by atoms with Crippen molar-refractivity contribution in [3.05, 3.63) is 46.8 Å². The third-order valence-corrected chi connectivity index (χ3v) is 4.72. The number of carbonyl (C=O) groups excluding carboxylic acids is 1. The van der Waals surface area contributed by atoms with Crippen molar-refractivity contribution in [1.29, 1.82) is 0 Å². The lowest BCUT2D eigenvalue weighted by molar-refractivity contribution is 0.0424. The fourth-order valence-electron chi connectivity index (χ4n) is 3.10. The summed E-state index contributed by atoms with van der Waals surface area (Å²) in [7, 11) is 3.06. The molecule has 0 bridgehead atoms. The van der Waals surface area contributed by atoms with Crippen molar-refractivity contribution in [1.82, 2.24) is 24.0 Å². The molecule has 0 atom stereocenters. The van der Waals surface area contributed by atoms with Gasteiger partial charge in [0, 0.05) is 14.2 Å². The minimum absolute atomic E-state index is 0.0852. The highest BCUT2D eigenvalue weighted by atomic mass is 19.1. The van der Waals surface area contributed by atoms with Crippen LogP contribution >= 0.6 is 0 Å². The lowest BCUT2D eigenvalue weighted by atomic mass is 10.2. The second-order valence-corrected chi connectivity index (χ2v) is 6.74. The quantitative estimate of drug-likeness (QED) is 0.552. The molecule has 10 nitrogen and oxygen atoms in total. The minimum atomic E-state index is -0.545. The summed E-state index contributed by atoms with van der Waals surface area (Å²) < 4.78 is 31.8. The number of hydrogen-bond donors (Lipinski definition) is 0. The monoisotopic (exact) mass is 417 g/mol. The normalized spacial score (nSPS) is 14.0. The van der Waals surface area contributed by atoms with Gasteiger partial charge in [0.05, 0.1) is 25.9 Å². The molecule has 1 aromatic carbocycles. The lowest BCUT2D eigenvalue weighted by Gasteiger charge is -2.38. The van der Waals surface area contributed by atoms with Gasteiger partial charge < -0.3 is 19.1 Å². The summed E-state index contributed by atoms with van der Waals surface area (Å²) in [5.74, 6) is -0.334. The predicted molar refractivity (Wildman–Crippen MR) is 103 cm³/mol. The molecule has 1 aliphatic rings. The maximum absolute atomic E-state index is 13.7. The average Bonchev–Trinajstić information content (AvgIpc) is 2.96. The molecule has 0 radical (unpaired) electrons. The molecule has 4 rings (SSSR count). The van der Waals surface area contributed by atoms with E-state index >= 15 is 0 Å². The first kappa shape index (κ1) is 19.8. The topological polar surface area (TPSA) is 101 Å². The molecule has 0 saturated carbocycles. The van der Waals surface area contributed by atoms with E-state index < -0.39 is 17.5 Å². The van der Waals surface area contributed by atoms with Gasteiger partial charge in [-0.3, -0.25) is 4.57 Å². The highest BCUT2D eigenvalue weighted by Gasteiger charge is 2.35.